The van der Waals surface area contributed by atoms with Crippen LogP contribution in [0, 0.1) is 5.92 Å². The zero-order valence-electron chi connectivity index (χ0n) is 18.1. The van der Waals surface area contributed by atoms with Crippen molar-refractivity contribution in [2.24, 2.45) is 5.92 Å². The fraction of sp³-hybridized carbons (Fsp3) is 0.231. The van der Waals surface area contributed by atoms with Crippen LogP contribution in [-0.2, 0) is 21.0 Å². The molecule has 2 fully saturated rings. The van der Waals surface area contributed by atoms with Crippen molar-refractivity contribution in [1.29, 1.82) is 0 Å². The van der Waals surface area contributed by atoms with E-state index in [0.717, 1.165) is 22.5 Å². The molecule has 3 aromatic carbocycles. The van der Waals surface area contributed by atoms with Crippen molar-refractivity contribution in [3.63, 3.8) is 0 Å². The normalized spacial score (nSPS) is 22.4. The van der Waals surface area contributed by atoms with Crippen LogP contribution in [0.3, 0.4) is 0 Å². The Hall–Kier alpha value is -3.64. The van der Waals surface area contributed by atoms with E-state index in [9.17, 15) is 9.59 Å². The smallest absolute Gasteiger partial charge is 0.262 e. The number of likely N-dealkylation sites (tertiary alicyclic amines) is 1. The van der Waals surface area contributed by atoms with Gasteiger partial charge in [-0.3, -0.25) is 19.3 Å². The van der Waals surface area contributed by atoms with Crippen LogP contribution in [0.2, 0.25) is 0 Å². The molecule has 32 heavy (non-hydrogen) atoms. The fourth-order valence-electron chi connectivity index (χ4n) is 4.50. The number of imide groups is 1. The van der Waals surface area contributed by atoms with Gasteiger partial charge in [-0.15, -0.1) is 0 Å². The summed E-state index contributed by atoms with van der Waals surface area (Å²) in [5, 5.41) is 1.73. The molecule has 0 unspecified atom stereocenters. The third-order valence-corrected chi connectivity index (χ3v) is 6.15. The van der Waals surface area contributed by atoms with Crippen LogP contribution in [0.4, 0.5) is 11.4 Å². The molecular weight excluding hydrogens is 402 g/mol. The maximum atomic E-state index is 13.5. The van der Waals surface area contributed by atoms with Crippen molar-refractivity contribution in [1.82, 2.24) is 4.90 Å². The number of hydrogen-bond acceptors (Lipinski definition) is 5. The van der Waals surface area contributed by atoms with E-state index in [-0.39, 0.29) is 18.4 Å². The molecule has 5 rings (SSSR count). The summed E-state index contributed by atoms with van der Waals surface area (Å²) in [6, 6.07) is 26.9. The summed E-state index contributed by atoms with van der Waals surface area (Å²) in [4.78, 5) is 36.3. The Kier molecular flexibility index (Phi) is 5.15. The van der Waals surface area contributed by atoms with Gasteiger partial charge < -0.3 is 4.90 Å². The SMILES string of the molecule is CN(C)c1ccc([C@H]2[C@@H]3C(=O)N(Cc4ccccc4)C(=O)[C@@H]3ON2c2ccccc2)cc1. The first-order valence-corrected chi connectivity index (χ1v) is 10.7. The molecule has 6 heteroatoms. The molecule has 0 bridgehead atoms. The molecule has 0 aliphatic carbocycles. The van der Waals surface area contributed by atoms with Crippen LogP contribution in [0.25, 0.3) is 0 Å². The monoisotopic (exact) mass is 427 g/mol. The highest BCUT2D eigenvalue weighted by Gasteiger charge is 2.59. The van der Waals surface area contributed by atoms with Gasteiger partial charge in [0.25, 0.3) is 5.91 Å². The van der Waals surface area contributed by atoms with Gasteiger partial charge in [0.1, 0.15) is 5.92 Å². The predicted molar refractivity (Wildman–Crippen MR) is 123 cm³/mol. The first-order chi connectivity index (χ1) is 15.5. The number of hydrogen-bond donors (Lipinski definition) is 0. The summed E-state index contributed by atoms with van der Waals surface area (Å²) >= 11 is 0. The Morgan fingerprint density at radius 2 is 1.44 bits per heavy atom. The molecular formula is C26H25N3O3. The van der Waals surface area contributed by atoms with Crippen molar-refractivity contribution in [3.05, 3.63) is 96.1 Å². The molecule has 2 amide bonds. The molecule has 6 nitrogen and oxygen atoms in total. The highest BCUT2D eigenvalue weighted by Crippen LogP contribution is 2.47. The number of nitrogens with zero attached hydrogens (tertiary/aromatic N) is 3. The third-order valence-electron chi connectivity index (χ3n) is 6.15. The van der Waals surface area contributed by atoms with Gasteiger partial charge in [0.05, 0.1) is 18.3 Å². The van der Waals surface area contributed by atoms with Gasteiger partial charge in [-0.05, 0) is 35.4 Å². The number of carbonyl (C=O) groups excluding carboxylic acids is 2. The minimum absolute atomic E-state index is 0.191. The summed E-state index contributed by atoms with van der Waals surface area (Å²) in [6.45, 7) is 0.256. The Morgan fingerprint density at radius 3 is 2.06 bits per heavy atom. The number of hydroxylamine groups is 1. The van der Waals surface area contributed by atoms with Gasteiger partial charge in [-0.2, -0.15) is 0 Å². The van der Waals surface area contributed by atoms with Crippen molar-refractivity contribution in [3.8, 4) is 0 Å². The molecule has 0 saturated carbocycles. The molecule has 2 saturated heterocycles. The summed E-state index contributed by atoms with van der Waals surface area (Å²) in [7, 11) is 3.97. The highest BCUT2D eigenvalue weighted by atomic mass is 16.7. The molecule has 0 N–H and O–H groups in total. The molecule has 2 aliphatic rings. The Labute approximate surface area is 187 Å². The number of rotatable bonds is 5. The average molecular weight is 428 g/mol. The van der Waals surface area contributed by atoms with Gasteiger partial charge in [0.15, 0.2) is 6.10 Å². The maximum Gasteiger partial charge on any atom is 0.262 e. The quantitative estimate of drug-likeness (QED) is 0.580. The van der Waals surface area contributed by atoms with Gasteiger partial charge in [-0.25, -0.2) is 5.06 Å². The van der Waals surface area contributed by atoms with Gasteiger partial charge in [-0.1, -0.05) is 60.7 Å². The zero-order chi connectivity index (χ0) is 22.2. The first-order valence-electron chi connectivity index (χ1n) is 10.7. The summed E-state index contributed by atoms with van der Waals surface area (Å²) < 4.78 is 0. The minimum Gasteiger partial charge on any atom is -0.378 e. The fourth-order valence-corrected chi connectivity index (χ4v) is 4.50. The Balaban J connectivity index is 1.51. The average Bonchev–Trinajstić information content (AvgIpc) is 3.32. The van der Waals surface area contributed by atoms with Gasteiger partial charge in [0, 0.05) is 19.8 Å². The van der Waals surface area contributed by atoms with Crippen LogP contribution >= 0.6 is 0 Å². The van der Waals surface area contributed by atoms with E-state index in [2.05, 4.69) is 0 Å². The lowest BCUT2D eigenvalue weighted by Crippen LogP contribution is -2.36. The van der Waals surface area contributed by atoms with E-state index in [1.54, 1.807) is 5.06 Å². The van der Waals surface area contributed by atoms with Crippen molar-refractivity contribution < 1.29 is 14.4 Å². The first kappa shape index (κ1) is 20.3. The summed E-state index contributed by atoms with van der Waals surface area (Å²) in [5.74, 6) is -1.07. The van der Waals surface area contributed by atoms with E-state index >= 15 is 0 Å². The largest absolute Gasteiger partial charge is 0.378 e. The molecule has 0 spiro atoms. The lowest BCUT2D eigenvalue weighted by atomic mass is 9.90. The third kappa shape index (κ3) is 3.42. The van der Waals surface area contributed by atoms with Crippen molar-refractivity contribution in [2.45, 2.75) is 18.7 Å². The van der Waals surface area contributed by atoms with Crippen molar-refractivity contribution in [2.75, 3.05) is 24.1 Å². The molecule has 3 atom stereocenters. The lowest BCUT2D eigenvalue weighted by Gasteiger charge is -2.29. The van der Waals surface area contributed by atoms with E-state index in [0.29, 0.717) is 0 Å². The molecule has 2 heterocycles. The molecule has 162 valence electrons. The van der Waals surface area contributed by atoms with Gasteiger partial charge in [0.2, 0.25) is 5.91 Å². The second kappa shape index (κ2) is 8.13. The van der Waals surface area contributed by atoms with Crippen LogP contribution in [-0.4, -0.2) is 36.9 Å². The van der Waals surface area contributed by atoms with Crippen LogP contribution < -0.4 is 9.96 Å². The Morgan fingerprint density at radius 1 is 0.812 bits per heavy atom. The van der Waals surface area contributed by atoms with Crippen LogP contribution in [0.5, 0.6) is 0 Å². The lowest BCUT2D eigenvalue weighted by molar-refractivity contribution is -0.143. The number of para-hydroxylation sites is 1. The van der Waals surface area contributed by atoms with E-state index in [1.165, 1.54) is 4.90 Å². The standard InChI is InChI=1S/C26H25N3O3/c1-27(2)20-15-13-19(14-16-20)23-22-24(32-29(23)21-11-7-4-8-12-21)26(31)28(25(22)30)17-18-9-5-3-6-10-18/h3-16,22-24H,17H2,1-2H3/t22-,23-,24+/m0/s1. The molecule has 0 aromatic heterocycles. The van der Waals surface area contributed by atoms with Gasteiger partial charge >= 0.3 is 0 Å². The minimum atomic E-state index is -0.829. The molecule has 2 aliphatic heterocycles. The number of amides is 2. The molecule has 0 radical (unpaired) electrons. The van der Waals surface area contributed by atoms with E-state index in [1.807, 2.05) is 104 Å². The summed E-state index contributed by atoms with van der Waals surface area (Å²) in [6.07, 6.45) is -0.829. The number of anilines is 2. The summed E-state index contributed by atoms with van der Waals surface area (Å²) in [5.41, 5.74) is 3.74. The van der Waals surface area contributed by atoms with Crippen LogP contribution in [0.15, 0.2) is 84.9 Å². The predicted octanol–water partition coefficient (Wildman–Crippen LogP) is 3.80. The number of fused-ring (bicyclic) bond motifs is 1. The van der Waals surface area contributed by atoms with E-state index in [4.69, 9.17) is 4.84 Å². The number of carbonyl (C=O) groups is 2. The van der Waals surface area contributed by atoms with Crippen molar-refractivity contribution >= 4 is 23.2 Å². The second-order valence-corrected chi connectivity index (χ2v) is 8.39. The number of benzene rings is 3. The maximum absolute atomic E-state index is 13.5. The second-order valence-electron chi connectivity index (χ2n) is 8.39. The van der Waals surface area contributed by atoms with E-state index < -0.39 is 18.1 Å². The Bertz CT molecular complexity index is 1120. The zero-order valence-corrected chi connectivity index (χ0v) is 18.1. The highest BCUT2D eigenvalue weighted by molar-refractivity contribution is 6.07. The molecule has 3 aromatic rings. The topological polar surface area (TPSA) is 53.1 Å². The van der Waals surface area contributed by atoms with Crippen LogP contribution in [0.1, 0.15) is 17.2 Å².